The van der Waals surface area contributed by atoms with E-state index < -0.39 is 5.82 Å². The van der Waals surface area contributed by atoms with Crippen LogP contribution in [0.2, 0.25) is 0 Å². The summed E-state index contributed by atoms with van der Waals surface area (Å²) in [7, 11) is 0. The highest BCUT2D eigenvalue weighted by Crippen LogP contribution is 2.26. The third-order valence-electron chi connectivity index (χ3n) is 2.54. The molecule has 4 heteroatoms. The van der Waals surface area contributed by atoms with Crippen LogP contribution in [0.15, 0.2) is 16.6 Å². The van der Waals surface area contributed by atoms with Gasteiger partial charge in [-0.25, -0.2) is 4.39 Å². The van der Waals surface area contributed by atoms with E-state index in [0.29, 0.717) is 17.2 Å². The van der Waals surface area contributed by atoms with E-state index in [1.165, 1.54) is 0 Å². The molecule has 0 fully saturated rings. The van der Waals surface area contributed by atoms with Gasteiger partial charge in [0.2, 0.25) is 0 Å². The van der Waals surface area contributed by atoms with Crippen molar-refractivity contribution in [1.29, 1.82) is 5.26 Å². The molecule has 86 valence electrons. The summed E-state index contributed by atoms with van der Waals surface area (Å²) in [5.74, 6) is 0.0937. The van der Waals surface area contributed by atoms with Crippen LogP contribution < -0.4 is 5.32 Å². The summed E-state index contributed by atoms with van der Waals surface area (Å²) < 4.78 is 14.0. The molecule has 0 radical (unpaired) electrons. The van der Waals surface area contributed by atoms with Crippen molar-refractivity contribution in [3.05, 3.63) is 28.0 Å². The first kappa shape index (κ1) is 13.0. The van der Waals surface area contributed by atoms with Gasteiger partial charge in [0.05, 0.1) is 15.7 Å². The summed E-state index contributed by atoms with van der Waals surface area (Å²) in [6, 6.07) is 5.13. The van der Waals surface area contributed by atoms with Gasteiger partial charge in [-0.2, -0.15) is 5.26 Å². The molecule has 1 aromatic rings. The quantitative estimate of drug-likeness (QED) is 0.910. The van der Waals surface area contributed by atoms with Crippen molar-refractivity contribution in [3.8, 4) is 6.07 Å². The highest BCUT2D eigenvalue weighted by atomic mass is 79.9. The van der Waals surface area contributed by atoms with Crippen molar-refractivity contribution in [3.63, 3.8) is 0 Å². The van der Waals surface area contributed by atoms with Crippen LogP contribution in [0.25, 0.3) is 0 Å². The second-order valence-electron chi connectivity index (χ2n) is 3.79. The van der Waals surface area contributed by atoms with Gasteiger partial charge >= 0.3 is 0 Å². The van der Waals surface area contributed by atoms with Gasteiger partial charge < -0.3 is 5.32 Å². The largest absolute Gasteiger partial charge is 0.382 e. The minimum Gasteiger partial charge on any atom is -0.382 e. The molecule has 0 aliphatic carbocycles. The van der Waals surface area contributed by atoms with Gasteiger partial charge in [0.15, 0.2) is 5.82 Å². The molecule has 0 saturated carbocycles. The average molecular weight is 285 g/mol. The van der Waals surface area contributed by atoms with E-state index >= 15 is 0 Å². The van der Waals surface area contributed by atoms with Gasteiger partial charge in [0.1, 0.15) is 6.07 Å². The zero-order chi connectivity index (χ0) is 12.1. The molecule has 1 N–H and O–H groups in total. The van der Waals surface area contributed by atoms with Crippen molar-refractivity contribution in [2.75, 3.05) is 11.9 Å². The van der Waals surface area contributed by atoms with Crippen molar-refractivity contribution >= 4 is 21.6 Å². The summed E-state index contributed by atoms with van der Waals surface area (Å²) >= 11 is 3.08. The summed E-state index contributed by atoms with van der Waals surface area (Å²) in [6.07, 6.45) is 1.05. The summed E-state index contributed by atoms with van der Waals surface area (Å²) in [5.41, 5.74) is 0.748. The lowest BCUT2D eigenvalue weighted by Gasteiger charge is -2.12. The van der Waals surface area contributed by atoms with Gasteiger partial charge in [-0.15, -0.1) is 0 Å². The molecule has 0 aliphatic rings. The number of nitrogens with zero attached hydrogens (tertiary/aromatic N) is 1. The van der Waals surface area contributed by atoms with Crippen LogP contribution in [0, 0.1) is 23.1 Å². The predicted octanol–water partition coefficient (Wildman–Crippen LogP) is 3.92. The summed E-state index contributed by atoms with van der Waals surface area (Å²) in [5, 5.41) is 11.8. The Balaban J connectivity index is 2.84. The molecule has 0 heterocycles. The minimum absolute atomic E-state index is 0.226. The van der Waals surface area contributed by atoms with E-state index in [1.807, 2.05) is 6.07 Å². The van der Waals surface area contributed by atoms with E-state index in [-0.39, 0.29) is 4.47 Å². The van der Waals surface area contributed by atoms with Crippen LogP contribution in [0.5, 0.6) is 0 Å². The first-order chi connectivity index (χ1) is 7.60. The normalized spacial score (nSPS) is 11.9. The molecule has 0 aromatic heterocycles. The Bertz CT molecular complexity index is 412. The number of hydrogen-bond donors (Lipinski definition) is 1. The summed E-state index contributed by atoms with van der Waals surface area (Å²) in [4.78, 5) is 0. The Hall–Kier alpha value is -1.08. The minimum atomic E-state index is -0.401. The number of anilines is 1. The molecule has 0 bridgehead atoms. The van der Waals surface area contributed by atoms with Crippen LogP contribution in [-0.4, -0.2) is 6.54 Å². The van der Waals surface area contributed by atoms with E-state index in [0.717, 1.165) is 13.0 Å². The van der Waals surface area contributed by atoms with Gasteiger partial charge in [-0.3, -0.25) is 0 Å². The smallest absolute Gasteiger partial charge is 0.161 e. The van der Waals surface area contributed by atoms with Gasteiger partial charge in [-0.05, 0) is 34.0 Å². The fourth-order valence-corrected chi connectivity index (χ4v) is 1.64. The zero-order valence-corrected chi connectivity index (χ0v) is 10.9. The Labute approximate surface area is 104 Å². The van der Waals surface area contributed by atoms with Crippen LogP contribution >= 0.6 is 15.9 Å². The molecule has 1 unspecified atom stereocenters. The third-order valence-corrected chi connectivity index (χ3v) is 3.32. The number of nitrogens with one attached hydrogen (secondary N) is 1. The fraction of sp³-hybridized carbons (Fsp3) is 0.417. The number of halogens is 2. The van der Waals surface area contributed by atoms with Crippen molar-refractivity contribution in [2.45, 2.75) is 20.3 Å². The highest BCUT2D eigenvalue weighted by molar-refractivity contribution is 9.10. The van der Waals surface area contributed by atoms with E-state index in [9.17, 15) is 4.39 Å². The zero-order valence-electron chi connectivity index (χ0n) is 9.35. The first-order valence-corrected chi connectivity index (χ1v) is 6.01. The van der Waals surface area contributed by atoms with E-state index in [4.69, 9.17) is 5.26 Å². The van der Waals surface area contributed by atoms with Gasteiger partial charge in [0.25, 0.3) is 0 Å². The average Bonchev–Trinajstić information content (AvgIpc) is 2.30. The van der Waals surface area contributed by atoms with Crippen LogP contribution in [0.1, 0.15) is 25.8 Å². The van der Waals surface area contributed by atoms with Gasteiger partial charge in [0, 0.05) is 6.54 Å². The molecule has 16 heavy (non-hydrogen) atoms. The van der Waals surface area contributed by atoms with Crippen LogP contribution in [-0.2, 0) is 0 Å². The molecule has 0 saturated heterocycles. The topological polar surface area (TPSA) is 35.8 Å². The maximum absolute atomic E-state index is 13.7. The van der Waals surface area contributed by atoms with Crippen molar-refractivity contribution < 1.29 is 4.39 Å². The molecule has 1 rings (SSSR count). The maximum atomic E-state index is 13.7. The third kappa shape index (κ3) is 2.96. The standard InChI is InChI=1S/C12H14BrFN2/c1-3-8(2)7-16-10-5-4-9(6-15)11(13)12(10)14/h4-5,8,16H,3,7H2,1-2H3. The van der Waals surface area contributed by atoms with Crippen LogP contribution in [0.4, 0.5) is 10.1 Å². The molecular weight excluding hydrogens is 271 g/mol. The first-order valence-electron chi connectivity index (χ1n) is 5.22. The molecule has 0 aliphatic heterocycles. The predicted molar refractivity (Wildman–Crippen MR) is 66.8 cm³/mol. The SMILES string of the molecule is CCC(C)CNc1ccc(C#N)c(Br)c1F. The number of nitriles is 1. The maximum Gasteiger partial charge on any atom is 0.161 e. The summed E-state index contributed by atoms with van der Waals surface area (Å²) in [6.45, 7) is 4.92. The second-order valence-corrected chi connectivity index (χ2v) is 4.59. The Morgan fingerprint density at radius 2 is 2.25 bits per heavy atom. The van der Waals surface area contributed by atoms with E-state index in [1.54, 1.807) is 12.1 Å². The Morgan fingerprint density at radius 1 is 1.56 bits per heavy atom. The van der Waals surface area contributed by atoms with Crippen molar-refractivity contribution in [2.24, 2.45) is 5.92 Å². The Morgan fingerprint density at radius 3 is 2.81 bits per heavy atom. The van der Waals surface area contributed by atoms with Crippen molar-refractivity contribution in [1.82, 2.24) is 0 Å². The molecule has 1 aromatic carbocycles. The molecule has 0 spiro atoms. The number of benzene rings is 1. The Kier molecular flexibility index (Phi) is 4.75. The lowest BCUT2D eigenvalue weighted by Crippen LogP contribution is -2.11. The van der Waals surface area contributed by atoms with Gasteiger partial charge in [-0.1, -0.05) is 20.3 Å². The lowest BCUT2D eigenvalue weighted by molar-refractivity contribution is 0.584. The second kappa shape index (κ2) is 5.86. The van der Waals surface area contributed by atoms with E-state index in [2.05, 4.69) is 35.1 Å². The lowest BCUT2D eigenvalue weighted by atomic mass is 10.1. The molecular formula is C12H14BrFN2. The highest BCUT2D eigenvalue weighted by Gasteiger charge is 2.11. The molecule has 0 amide bonds. The fourth-order valence-electron chi connectivity index (χ4n) is 1.20. The number of rotatable bonds is 4. The molecule has 2 nitrogen and oxygen atoms in total. The molecule has 1 atom stereocenters. The monoisotopic (exact) mass is 284 g/mol. The number of hydrogen-bond acceptors (Lipinski definition) is 2. The van der Waals surface area contributed by atoms with Crippen LogP contribution in [0.3, 0.4) is 0 Å².